The zero-order valence-corrected chi connectivity index (χ0v) is 18.0. The molecular formula is C23H23NO8. The summed E-state index contributed by atoms with van der Waals surface area (Å²) in [6.45, 7) is 5.54. The predicted molar refractivity (Wildman–Crippen MR) is 110 cm³/mol. The van der Waals surface area contributed by atoms with Crippen LogP contribution in [0.4, 0.5) is 0 Å². The topological polar surface area (TPSA) is 150 Å². The average Bonchev–Trinajstić information content (AvgIpc) is 2.76. The summed E-state index contributed by atoms with van der Waals surface area (Å²) in [5.41, 5.74) is -2.35. The summed E-state index contributed by atoms with van der Waals surface area (Å²) >= 11 is 0. The first-order valence-corrected chi connectivity index (χ1v) is 10.2. The highest BCUT2D eigenvalue weighted by atomic mass is 16.5. The number of ketones is 4. The standard InChI is InChI=1S/C23H23NO8/c1-8-5-9(2)17(27)20(30)22(31)23(4)7-24-14-18(28)11-6-10(3)16(26)13(15(8)25)12(11)19(29)21(14)32-23/h5-6,9,17,20,24,26-27,30H,7H2,1-4H3/b8-5-/t9-,17+,20+,23+/m1/s1. The van der Waals surface area contributed by atoms with E-state index >= 15 is 0 Å². The van der Waals surface area contributed by atoms with Crippen molar-refractivity contribution in [2.24, 2.45) is 5.92 Å². The number of nitrogens with one attached hydrogen (secondary N) is 1. The second-order valence-electron chi connectivity index (χ2n) is 8.73. The highest BCUT2D eigenvalue weighted by Gasteiger charge is 2.50. The molecule has 1 aliphatic carbocycles. The van der Waals surface area contributed by atoms with Crippen LogP contribution in [0, 0.1) is 12.8 Å². The Hall–Kier alpha value is -3.30. The van der Waals surface area contributed by atoms with Gasteiger partial charge in [-0.2, -0.15) is 0 Å². The van der Waals surface area contributed by atoms with Crippen LogP contribution in [-0.4, -0.2) is 62.8 Å². The van der Waals surface area contributed by atoms with E-state index in [1.165, 1.54) is 39.8 Å². The molecule has 0 aromatic heterocycles. The lowest BCUT2D eigenvalue weighted by molar-refractivity contribution is -0.154. The van der Waals surface area contributed by atoms with Crippen molar-refractivity contribution in [3.05, 3.63) is 51.4 Å². The predicted octanol–water partition coefficient (Wildman–Crippen LogP) is 0.739. The molecule has 0 amide bonds. The van der Waals surface area contributed by atoms with E-state index in [-0.39, 0.29) is 40.1 Å². The minimum atomic E-state index is -1.87. The fraction of sp³-hybridized carbons (Fsp3) is 0.391. The SMILES string of the molecule is C/C1=C/[C@@H](C)[C@H](O)[C@H](O)C(=O)[C@]2(C)CNC3=C(O2)C(=O)c2c(cc(C)c(O)c2C1=O)C3=O. The van der Waals surface area contributed by atoms with E-state index in [1.807, 2.05) is 0 Å². The number of rotatable bonds is 0. The number of hydrogen-bond acceptors (Lipinski definition) is 9. The Balaban J connectivity index is 2.06. The second kappa shape index (κ2) is 7.11. The van der Waals surface area contributed by atoms with Gasteiger partial charge in [-0.3, -0.25) is 19.2 Å². The van der Waals surface area contributed by atoms with Crippen LogP contribution >= 0.6 is 0 Å². The number of aromatic hydroxyl groups is 1. The summed E-state index contributed by atoms with van der Waals surface area (Å²) in [6.07, 6.45) is -2.09. The Kier molecular flexibility index (Phi) is 4.87. The molecule has 4 rings (SSSR count). The summed E-state index contributed by atoms with van der Waals surface area (Å²) in [7, 11) is 0. The van der Waals surface area contributed by atoms with Crippen LogP contribution in [0.15, 0.2) is 29.2 Å². The molecule has 0 spiro atoms. The number of carbonyl (C=O) groups excluding carboxylic acids is 4. The van der Waals surface area contributed by atoms with Gasteiger partial charge < -0.3 is 25.4 Å². The van der Waals surface area contributed by atoms with Crippen molar-refractivity contribution in [2.45, 2.75) is 45.5 Å². The molecule has 9 heteroatoms. The van der Waals surface area contributed by atoms with Gasteiger partial charge in [0.25, 0.3) is 0 Å². The Morgan fingerprint density at radius 2 is 1.72 bits per heavy atom. The van der Waals surface area contributed by atoms with Crippen molar-refractivity contribution in [2.75, 3.05) is 6.54 Å². The lowest BCUT2D eigenvalue weighted by Gasteiger charge is -2.39. The normalized spacial score (nSPS) is 31.8. The second-order valence-corrected chi connectivity index (χ2v) is 8.73. The molecule has 0 unspecified atom stereocenters. The van der Waals surface area contributed by atoms with E-state index in [2.05, 4.69) is 5.32 Å². The van der Waals surface area contributed by atoms with E-state index < -0.39 is 58.4 Å². The van der Waals surface area contributed by atoms with Crippen molar-refractivity contribution in [1.82, 2.24) is 5.32 Å². The summed E-state index contributed by atoms with van der Waals surface area (Å²) in [5, 5.41) is 34.5. The monoisotopic (exact) mass is 441 g/mol. The first-order chi connectivity index (χ1) is 14.9. The first-order valence-electron chi connectivity index (χ1n) is 10.2. The van der Waals surface area contributed by atoms with E-state index in [4.69, 9.17) is 4.74 Å². The quantitative estimate of drug-likeness (QED) is 0.457. The van der Waals surface area contributed by atoms with Gasteiger partial charge in [0.05, 0.1) is 23.8 Å². The fourth-order valence-electron chi connectivity index (χ4n) is 4.34. The van der Waals surface area contributed by atoms with Crippen LogP contribution in [0.2, 0.25) is 0 Å². The van der Waals surface area contributed by atoms with Crippen molar-refractivity contribution in [3.63, 3.8) is 0 Å². The molecule has 0 saturated carbocycles. The molecular weight excluding hydrogens is 418 g/mol. The highest BCUT2D eigenvalue weighted by Crippen LogP contribution is 2.39. The Morgan fingerprint density at radius 3 is 2.38 bits per heavy atom. The number of aryl methyl sites for hydroxylation is 1. The number of fused-ring (bicyclic) bond motifs is 1. The molecule has 4 atom stereocenters. The highest BCUT2D eigenvalue weighted by molar-refractivity contribution is 6.31. The average molecular weight is 441 g/mol. The maximum atomic E-state index is 13.4. The molecule has 32 heavy (non-hydrogen) atoms. The van der Waals surface area contributed by atoms with E-state index in [0.717, 1.165) is 0 Å². The van der Waals surface area contributed by atoms with Gasteiger partial charge in [-0.15, -0.1) is 0 Å². The molecule has 9 nitrogen and oxygen atoms in total. The van der Waals surface area contributed by atoms with Gasteiger partial charge in [-0.25, -0.2) is 0 Å². The third kappa shape index (κ3) is 2.92. The van der Waals surface area contributed by atoms with Crippen LogP contribution in [0.1, 0.15) is 57.4 Å². The van der Waals surface area contributed by atoms with Gasteiger partial charge in [0.15, 0.2) is 17.1 Å². The van der Waals surface area contributed by atoms with E-state index in [9.17, 15) is 34.5 Å². The van der Waals surface area contributed by atoms with Gasteiger partial charge in [-0.05, 0) is 38.0 Å². The fourth-order valence-corrected chi connectivity index (χ4v) is 4.34. The third-order valence-electron chi connectivity index (χ3n) is 6.30. The minimum Gasteiger partial charge on any atom is -0.507 e. The number of allylic oxidation sites excluding steroid dienone is 3. The van der Waals surface area contributed by atoms with Crippen LogP contribution in [0.5, 0.6) is 5.75 Å². The van der Waals surface area contributed by atoms with Gasteiger partial charge >= 0.3 is 0 Å². The number of carbonyl (C=O) groups is 4. The molecule has 0 radical (unpaired) electrons. The van der Waals surface area contributed by atoms with Crippen molar-refractivity contribution >= 4 is 23.1 Å². The lowest BCUT2D eigenvalue weighted by atomic mass is 9.82. The largest absolute Gasteiger partial charge is 0.507 e. The number of aliphatic hydroxyl groups excluding tert-OH is 2. The Labute approximate surface area is 183 Å². The third-order valence-corrected chi connectivity index (χ3v) is 6.30. The Bertz CT molecular complexity index is 1180. The van der Waals surface area contributed by atoms with Crippen molar-refractivity contribution in [3.8, 4) is 5.75 Å². The molecule has 168 valence electrons. The van der Waals surface area contributed by atoms with Crippen LogP contribution in [0.3, 0.4) is 0 Å². The smallest absolute Gasteiger partial charge is 0.231 e. The molecule has 3 bridgehead atoms. The molecule has 0 fully saturated rings. The Morgan fingerprint density at radius 1 is 1.06 bits per heavy atom. The number of benzene rings is 1. The number of ether oxygens (including phenoxy) is 1. The van der Waals surface area contributed by atoms with E-state index in [0.29, 0.717) is 0 Å². The maximum Gasteiger partial charge on any atom is 0.231 e. The van der Waals surface area contributed by atoms with Crippen LogP contribution < -0.4 is 5.32 Å². The van der Waals surface area contributed by atoms with Gasteiger partial charge in [0.2, 0.25) is 17.3 Å². The molecule has 2 aliphatic heterocycles. The molecule has 3 aliphatic rings. The number of hydrogen-bond donors (Lipinski definition) is 4. The van der Waals surface area contributed by atoms with Crippen LogP contribution in [0.25, 0.3) is 0 Å². The zero-order chi connectivity index (χ0) is 23.7. The molecule has 4 N–H and O–H groups in total. The summed E-state index contributed by atoms with van der Waals surface area (Å²) in [5.74, 6) is -4.82. The van der Waals surface area contributed by atoms with E-state index in [1.54, 1.807) is 0 Å². The number of aliphatic hydroxyl groups is 2. The van der Waals surface area contributed by atoms with Crippen molar-refractivity contribution in [1.29, 1.82) is 0 Å². The summed E-state index contributed by atoms with van der Waals surface area (Å²) in [4.78, 5) is 52.9. The summed E-state index contributed by atoms with van der Waals surface area (Å²) < 4.78 is 5.70. The molecule has 1 aromatic carbocycles. The van der Waals surface area contributed by atoms with Gasteiger partial charge in [0.1, 0.15) is 17.6 Å². The minimum absolute atomic E-state index is 0.0609. The van der Waals surface area contributed by atoms with Gasteiger partial charge in [0, 0.05) is 11.5 Å². The van der Waals surface area contributed by atoms with Crippen molar-refractivity contribution < 1.29 is 39.2 Å². The molecule has 0 saturated heterocycles. The molecule has 1 aromatic rings. The number of phenolic OH excluding ortho intramolecular Hbond substituents is 1. The number of phenols is 1. The maximum absolute atomic E-state index is 13.4. The first kappa shape index (κ1) is 21.9. The number of Topliss-reactive ketones (excluding diaryl/α,β-unsaturated/α-hetero) is 4. The zero-order valence-electron chi connectivity index (χ0n) is 18.0. The molecule has 2 heterocycles. The summed E-state index contributed by atoms with van der Waals surface area (Å²) in [6, 6.07) is 1.33. The lowest BCUT2D eigenvalue weighted by Crippen LogP contribution is -2.58. The van der Waals surface area contributed by atoms with Gasteiger partial charge in [-0.1, -0.05) is 13.0 Å². The van der Waals surface area contributed by atoms with Crippen LogP contribution in [-0.2, 0) is 9.53 Å².